The van der Waals surface area contributed by atoms with Crippen LogP contribution in [0.5, 0.6) is 0 Å². The first kappa shape index (κ1) is 18.8. The first-order chi connectivity index (χ1) is 12.8. The Bertz CT molecular complexity index is 942. The molecule has 0 fully saturated rings. The highest BCUT2D eigenvalue weighted by Crippen LogP contribution is 2.27. The van der Waals surface area contributed by atoms with Crippen molar-refractivity contribution in [1.82, 2.24) is 20.0 Å². The van der Waals surface area contributed by atoms with Gasteiger partial charge in [-0.25, -0.2) is 4.39 Å². The lowest BCUT2D eigenvalue weighted by molar-refractivity contribution is -0.121. The number of amides is 1. The number of hydrogen-bond donors (Lipinski definition) is 1. The van der Waals surface area contributed by atoms with Crippen LogP contribution in [-0.2, 0) is 17.9 Å². The van der Waals surface area contributed by atoms with E-state index in [9.17, 15) is 9.18 Å². The van der Waals surface area contributed by atoms with Crippen molar-refractivity contribution in [2.45, 2.75) is 46.7 Å². The zero-order valence-corrected chi connectivity index (χ0v) is 15.9. The average molecular weight is 370 g/mol. The van der Waals surface area contributed by atoms with Gasteiger partial charge in [0.2, 0.25) is 5.91 Å². The Kier molecular flexibility index (Phi) is 5.39. The van der Waals surface area contributed by atoms with Crippen molar-refractivity contribution in [3.05, 3.63) is 58.8 Å². The van der Waals surface area contributed by atoms with Crippen LogP contribution in [0.15, 0.2) is 34.9 Å². The molecule has 0 saturated heterocycles. The van der Waals surface area contributed by atoms with Gasteiger partial charge < -0.3 is 14.4 Å². The Morgan fingerprint density at radius 2 is 1.96 bits per heavy atom. The van der Waals surface area contributed by atoms with Crippen LogP contribution >= 0.6 is 0 Å². The second-order valence-corrected chi connectivity index (χ2v) is 6.92. The normalized spacial score (nSPS) is 11.2. The fraction of sp³-hybridized carbons (Fsp3) is 0.350. The maximum Gasteiger partial charge on any atom is 0.274 e. The van der Waals surface area contributed by atoms with Gasteiger partial charge in [-0.2, -0.15) is 4.98 Å². The summed E-state index contributed by atoms with van der Waals surface area (Å²) in [5, 5.41) is 6.87. The summed E-state index contributed by atoms with van der Waals surface area (Å²) < 4.78 is 20.3. The van der Waals surface area contributed by atoms with Crippen LogP contribution in [0.3, 0.4) is 0 Å². The van der Waals surface area contributed by atoms with Gasteiger partial charge >= 0.3 is 0 Å². The minimum atomic E-state index is -0.298. The van der Waals surface area contributed by atoms with Gasteiger partial charge in [0.15, 0.2) is 5.82 Å². The van der Waals surface area contributed by atoms with E-state index in [0.717, 1.165) is 22.5 Å². The minimum Gasteiger partial charge on any atom is -0.350 e. The summed E-state index contributed by atoms with van der Waals surface area (Å²) >= 11 is 0. The van der Waals surface area contributed by atoms with E-state index in [1.165, 1.54) is 12.1 Å². The predicted molar refractivity (Wildman–Crippen MR) is 99.5 cm³/mol. The van der Waals surface area contributed by atoms with Gasteiger partial charge in [-0.05, 0) is 43.2 Å². The van der Waals surface area contributed by atoms with Crippen molar-refractivity contribution in [2.24, 2.45) is 0 Å². The third kappa shape index (κ3) is 4.24. The molecule has 0 radical (unpaired) electrons. The van der Waals surface area contributed by atoms with Crippen molar-refractivity contribution in [2.75, 3.05) is 0 Å². The predicted octanol–water partition coefficient (Wildman–Crippen LogP) is 3.73. The molecule has 3 aromatic rings. The van der Waals surface area contributed by atoms with Crippen LogP contribution in [0.4, 0.5) is 4.39 Å². The number of aryl methyl sites for hydroxylation is 2. The summed E-state index contributed by atoms with van der Waals surface area (Å²) in [7, 11) is 0. The number of benzene rings is 1. The molecule has 2 heterocycles. The van der Waals surface area contributed by atoms with Crippen molar-refractivity contribution in [1.29, 1.82) is 0 Å². The van der Waals surface area contributed by atoms with Gasteiger partial charge in [0.05, 0.1) is 0 Å². The molecule has 142 valence electrons. The van der Waals surface area contributed by atoms with E-state index >= 15 is 0 Å². The molecular weight excluding hydrogens is 347 g/mol. The first-order valence-electron chi connectivity index (χ1n) is 8.87. The molecule has 0 unspecified atom stereocenters. The Morgan fingerprint density at radius 1 is 1.26 bits per heavy atom. The Labute approximate surface area is 157 Å². The molecule has 0 saturated carbocycles. The molecular formula is C20H23FN4O2. The molecule has 2 aromatic heterocycles. The van der Waals surface area contributed by atoms with E-state index in [1.54, 1.807) is 12.1 Å². The van der Waals surface area contributed by atoms with Crippen LogP contribution in [0.2, 0.25) is 0 Å². The van der Waals surface area contributed by atoms with Gasteiger partial charge in [0.1, 0.15) is 18.1 Å². The first-order valence-corrected chi connectivity index (χ1v) is 8.87. The van der Waals surface area contributed by atoms with Gasteiger partial charge in [-0.3, -0.25) is 4.79 Å². The third-order valence-corrected chi connectivity index (χ3v) is 4.36. The van der Waals surface area contributed by atoms with Gasteiger partial charge in [-0.15, -0.1) is 0 Å². The van der Waals surface area contributed by atoms with E-state index in [-0.39, 0.29) is 24.2 Å². The molecule has 27 heavy (non-hydrogen) atoms. The second kappa shape index (κ2) is 7.73. The van der Waals surface area contributed by atoms with Gasteiger partial charge in [0, 0.05) is 18.2 Å². The zero-order valence-electron chi connectivity index (χ0n) is 15.9. The van der Waals surface area contributed by atoms with E-state index in [4.69, 9.17) is 4.52 Å². The molecule has 1 aromatic carbocycles. The van der Waals surface area contributed by atoms with E-state index in [2.05, 4.69) is 15.5 Å². The van der Waals surface area contributed by atoms with Crippen molar-refractivity contribution >= 4 is 5.91 Å². The summed E-state index contributed by atoms with van der Waals surface area (Å²) in [4.78, 5) is 16.9. The van der Waals surface area contributed by atoms with E-state index in [0.29, 0.717) is 18.3 Å². The fourth-order valence-electron chi connectivity index (χ4n) is 2.90. The Hall–Kier alpha value is -2.96. The van der Waals surface area contributed by atoms with Crippen molar-refractivity contribution in [3.63, 3.8) is 0 Å². The average Bonchev–Trinajstić information content (AvgIpc) is 3.19. The molecule has 7 heteroatoms. The van der Waals surface area contributed by atoms with E-state index < -0.39 is 0 Å². The molecule has 6 nitrogen and oxygen atoms in total. The molecule has 0 aliphatic heterocycles. The number of aromatic nitrogens is 3. The highest BCUT2D eigenvalue weighted by atomic mass is 19.1. The minimum absolute atomic E-state index is 0.135. The summed E-state index contributed by atoms with van der Waals surface area (Å²) in [6.07, 6.45) is 0. The summed E-state index contributed by atoms with van der Waals surface area (Å²) in [6.45, 7) is 8.35. The molecule has 0 aliphatic carbocycles. The highest BCUT2D eigenvalue weighted by Gasteiger charge is 2.20. The van der Waals surface area contributed by atoms with E-state index in [1.807, 2.05) is 38.3 Å². The molecule has 1 N–H and O–H groups in total. The summed E-state index contributed by atoms with van der Waals surface area (Å²) in [5.74, 6) is 0.758. The zero-order chi connectivity index (χ0) is 19.6. The van der Waals surface area contributed by atoms with Crippen LogP contribution < -0.4 is 5.32 Å². The lowest BCUT2D eigenvalue weighted by Gasteiger charge is -2.11. The van der Waals surface area contributed by atoms with Crippen molar-refractivity contribution in [3.8, 4) is 11.6 Å². The monoisotopic (exact) mass is 370 g/mol. The molecule has 0 atom stereocenters. The third-order valence-electron chi connectivity index (χ3n) is 4.36. The Balaban J connectivity index is 1.76. The number of carbonyl (C=O) groups excluding carboxylic acids is 1. The lowest BCUT2D eigenvalue weighted by atomic mass is 10.2. The van der Waals surface area contributed by atoms with Gasteiger partial charge in [0.25, 0.3) is 5.89 Å². The standard InChI is InChI=1S/C20H23FN4O2/c1-12(2)19-23-20(27-24-19)18-13(3)9-14(4)25(18)11-17(26)22-10-15-5-7-16(21)8-6-15/h5-9,12H,10-11H2,1-4H3,(H,22,26). The number of hydrogen-bond acceptors (Lipinski definition) is 4. The number of rotatable bonds is 6. The SMILES string of the molecule is Cc1cc(C)n(CC(=O)NCc2ccc(F)cc2)c1-c1nc(C(C)C)no1. The second-order valence-electron chi connectivity index (χ2n) is 6.92. The fourth-order valence-corrected chi connectivity index (χ4v) is 2.90. The highest BCUT2D eigenvalue weighted by molar-refractivity contribution is 5.77. The quantitative estimate of drug-likeness (QED) is 0.717. The van der Waals surface area contributed by atoms with Crippen molar-refractivity contribution < 1.29 is 13.7 Å². The topological polar surface area (TPSA) is 73.0 Å². The van der Waals surface area contributed by atoms with Gasteiger partial charge in [-0.1, -0.05) is 31.1 Å². The Morgan fingerprint density at radius 3 is 2.59 bits per heavy atom. The van der Waals surface area contributed by atoms with Crippen LogP contribution in [0.25, 0.3) is 11.6 Å². The molecule has 0 aliphatic rings. The lowest BCUT2D eigenvalue weighted by Crippen LogP contribution is -2.27. The number of nitrogens with one attached hydrogen (secondary N) is 1. The maximum atomic E-state index is 13.0. The molecule has 1 amide bonds. The number of halogens is 1. The largest absolute Gasteiger partial charge is 0.350 e. The summed E-state index contributed by atoms with van der Waals surface area (Å²) in [6, 6.07) is 8.04. The number of carbonyl (C=O) groups is 1. The molecule has 3 rings (SSSR count). The van der Waals surface area contributed by atoms with Crippen LogP contribution in [0, 0.1) is 19.7 Å². The smallest absolute Gasteiger partial charge is 0.274 e. The molecule has 0 bridgehead atoms. The maximum absolute atomic E-state index is 13.0. The molecule has 0 spiro atoms. The van der Waals surface area contributed by atoms with Crippen LogP contribution in [0.1, 0.15) is 42.4 Å². The summed E-state index contributed by atoms with van der Waals surface area (Å²) in [5.41, 5.74) is 3.49. The number of nitrogens with zero attached hydrogens (tertiary/aromatic N) is 3. The van der Waals surface area contributed by atoms with Crippen LogP contribution in [-0.4, -0.2) is 20.6 Å².